The number of nitriles is 1. The summed E-state index contributed by atoms with van der Waals surface area (Å²) in [6, 6.07) is 25.1. The molecule has 2 aromatic heterocycles. The minimum Gasteiger partial charge on any atom is -0.418 e. The standard InChI is InChI=1S/C19H13N3O4S.C5H5N.C2H3N.BF4.Pd/c23-22(24)15-8-10-16(11-9-15)27(25,26)21-17-5-1-3-13-6-7-14-4-2-12-20-19(14)18(13)17;1-2-4-6-5-3-1;1-2-3;2-1(3,4)5;/h1-12,21H;1-5H;1H3;;/q;;;-1;. The Hall–Kier alpha value is -4.43. The molecule has 5 aromatic rings. The van der Waals surface area contributed by atoms with E-state index >= 15 is 0 Å². The van der Waals surface area contributed by atoms with Crippen molar-refractivity contribution in [2.24, 2.45) is 0 Å². The van der Waals surface area contributed by atoms with E-state index in [0.29, 0.717) is 16.6 Å². The van der Waals surface area contributed by atoms with Gasteiger partial charge < -0.3 is 17.3 Å². The van der Waals surface area contributed by atoms with Gasteiger partial charge in [0.25, 0.3) is 15.7 Å². The number of sulfonamides is 1. The van der Waals surface area contributed by atoms with Crippen LogP contribution in [0.3, 0.4) is 0 Å². The average molecular weight is 693 g/mol. The summed E-state index contributed by atoms with van der Waals surface area (Å²) in [5.41, 5.74) is 0.918. The van der Waals surface area contributed by atoms with Gasteiger partial charge in [0.1, 0.15) is 0 Å². The Kier molecular flexibility index (Phi) is 14.2. The number of hydrogen-bond donors (Lipinski definition) is 1. The number of fused-ring (bicyclic) bond motifs is 3. The minimum absolute atomic E-state index is 0. The fraction of sp³-hybridized carbons (Fsp3) is 0.0385. The molecule has 3 aromatic carbocycles. The van der Waals surface area contributed by atoms with Gasteiger partial charge in [0.2, 0.25) is 0 Å². The minimum atomic E-state index is -6.00. The van der Waals surface area contributed by atoms with E-state index < -0.39 is 22.2 Å². The first-order valence-electron chi connectivity index (χ1n) is 11.4. The van der Waals surface area contributed by atoms with Gasteiger partial charge in [-0.25, -0.2) is 8.42 Å². The number of pyridine rings is 2. The molecule has 16 heteroatoms. The van der Waals surface area contributed by atoms with E-state index in [0.717, 1.165) is 22.9 Å². The first kappa shape index (κ1) is 35.6. The molecule has 0 radical (unpaired) electrons. The summed E-state index contributed by atoms with van der Waals surface area (Å²) in [6.07, 6.45) is 5.16. The molecule has 0 fully saturated rings. The van der Waals surface area contributed by atoms with Gasteiger partial charge in [0.05, 0.1) is 27.1 Å². The maximum absolute atomic E-state index is 12.8. The SMILES string of the molecule is CC#N.F[B-](F)(F)F.O=[N+]([O-])c1ccc(S(=O)(=O)Nc2cccc3ccc4cccnc4c23)cc1.[Pd].c1ccncc1. The van der Waals surface area contributed by atoms with Crippen LogP contribution in [0.4, 0.5) is 28.6 Å². The second-order valence-corrected chi connectivity index (χ2v) is 9.33. The zero-order valence-electron chi connectivity index (χ0n) is 21.6. The number of rotatable bonds is 4. The van der Waals surface area contributed by atoms with Gasteiger partial charge in [0.15, 0.2) is 0 Å². The van der Waals surface area contributed by atoms with Crippen molar-refractivity contribution in [3.63, 3.8) is 0 Å². The van der Waals surface area contributed by atoms with Crippen LogP contribution in [0.1, 0.15) is 6.92 Å². The average Bonchev–Trinajstić information content (AvgIpc) is 2.94. The van der Waals surface area contributed by atoms with Crippen LogP contribution < -0.4 is 4.72 Å². The first-order valence-corrected chi connectivity index (χ1v) is 12.9. The van der Waals surface area contributed by atoms with Gasteiger partial charge in [-0.3, -0.25) is 24.8 Å². The van der Waals surface area contributed by atoms with E-state index in [1.165, 1.54) is 19.1 Å². The monoisotopic (exact) mass is 692 g/mol. The van der Waals surface area contributed by atoms with Crippen LogP contribution in [-0.2, 0) is 30.4 Å². The Morgan fingerprint density at radius 3 is 1.90 bits per heavy atom. The summed E-state index contributed by atoms with van der Waals surface area (Å²) in [5, 5.41) is 20.5. The quantitative estimate of drug-likeness (QED) is 0.0703. The normalized spacial score (nSPS) is 10.2. The Balaban J connectivity index is 0.000000488. The van der Waals surface area contributed by atoms with Crippen LogP contribution in [0, 0.1) is 21.4 Å². The number of anilines is 1. The van der Waals surface area contributed by atoms with Crippen molar-refractivity contribution in [1.82, 2.24) is 9.97 Å². The van der Waals surface area contributed by atoms with Gasteiger partial charge in [-0.1, -0.05) is 36.4 Å². The predicted octanol–water partition coefficient (Wildman–Crippen LogP) is 7.01. The van der Waals surface area contributed by atoms with Gasteiger partial charge in [0, 0.05) is 68.8 Å². The van der Waals surface area contributed by atoms with Crippen molar-refractivity contribution in [2.75, 3.05) is 4.72 Å². The third kappa shape index (κ3) is 11.6. The second-order valence-electron chi connectivity index (χ2n) is 7.64. The first-order chi connectivity index (χ1) is 19.4. The van der Waals surface area contributed by atoms with Crippen molar-refractivity contribution in [1.29, 1.82) is 5.26 Å². The van der Waals surface area contributed by atoms with Crippen LogP contribution in [0.25, 0.3) is 21.7 Å². The molecule has 5 rings (SSSR count). The molecule has 2 heterocycles. The fourth-order valence-corrected chi connectivity index (χ4v) is 4.33. The number of nitrogens with zero attached hydrogens (tertiary/aromatic N) is 4. The van der Waals surface area contributed by atoms with Crippen molar-refractivity contribution in [2.45, 2.75) is 11.8 Å². The molecule has 42 heavy (non-hydrogen) atoms. The van der Waals surface area contributed by atoms with Crippen LogP contribution in [0.5, 0.6) is 0 Å². The van der Waals surface area contributed by atoms with Crippen molar-refractivity contribution in [3.05, 3.63) is 114 Å². The summed E-state index contributed by atoms with van der Waals surface area (Å²) in [7, 11) is -9.92. The molecule has 0 aliphatic heterocycles. The maximum atomic E-state index is 12.8. The van der Waals surface area contributed by atoms with E-state index in [4.69, 9.17) is 5.26 Å². The van der Waals surface area contributed by atoms with Crippen molar-refractivity contribution < 1.29 is 51.0 Å². The molecule has 9 nitrogen and oxygen atoms in total. The maximum Gasteiger partial charge on any atom is 0.673 e. The van der Waals surface area contributed by atoms with Crippen LogP contribution in [0.15, 0.2) is 108 Å². The van der Waals surface area contributed by atoms with Gasteiger partial charge in [-0.05, 0) is 41.8 Å². The van der Waals surface area contributed by atoms with E-state index in [2.05, 4.69) is 14.7 Å². The number of halogens is 4. The third-order valence-corrected chi connectivity index (χ3v) is 6.16. The van der Waals surface area contributed by atoms with E-state index in [9.17, 15) is 35.8 Å². The van der Waals surface area contributed by atoms with Crippen LogP contribution in [0.2, 0.25) is 0 Å². The topological polar surface area (TPSA) is 139 Å². The van der Waals surface area contributed by atoms with Crippen LogP contribution in [-0.4, -0.2) is 30.6 Å². The largest absolute Gasteiger partial charge is 0.673 e. The number of nitro benzene ring substituents is 1. The predicted molar refractivity (Wildman–Crippen MR) is 149 cm³/mol. The Bertz CT molecular complexity index is 1710. The molecule has 0 unspecified atom stereocenters. The summed E-state index contributed by atoms with van der Waals surface area (Å²) >= 11 is 0. The summed E-state index contributed by atoms with van der Waals surface area (Å²) < 4.78 is 67.1. The number of aromatic nitrogens is 2. The molecule has 0 saturated carbocycles. The number of benzene rings is 3. The van der Waals surface area contributed by atoms with Gasteiger partial charge >= 0.3 is 7.25 Å². The molecule has 1 N–H and O–H groups in total. The molecule has 0 aliphatic carbocycles. The van der Waals surface area contributed by atoms with E-state index in [-0.39, 0.29) is 31.0 Å². The number of hydrogen-bond acceptors (Lipinski definition) is 7. The summed E-state index contributed by atoms with van der Waals surface area (Å²) in [5.74, 6) is 0. The van der Waals surface area contributed by atoms with Gasteiger partial charge in [-0.15, -0.1) is 0 Å². The van der Waals surface area contributed by atoms with E-state index in [1.807, 2.05) is 48.5 Å². The molecule has 0 bridgehead atoms. The van der Waals surface area contributed by atoms with E-state index in [1.54, 1.807) is 36.8 Å². The summed E-state index contributed by atoms with van der Waals surface area (Å²) in [6.45, 7) is 1.43. The molecule has 0 saturated heterocycles. The molecule has 0 spiro atoms. The fourth-order valence-electron chi connectivity index (χ4n) is 3.26. The third-order valence-electron chi connectivity index (χ3n) is 4.78. The smallest absolute Gasteiger partial charge is 0.418 e. The molecule has 0 atom stereocenters. The Morgan fingerprint density at radius 1 is 0.857 bits per heavy atom. The number of non-ortho nitro benzene ring substituents is 1. The van der Waals surface area contributed by atoms with Crippen molar-refractivity contribution >= 4 is 50.3 Å². The van der Waals surface area contributed by atoms with Crippen molar-refractivity contribution in [3.8, 4) is 6.07 Å². The Morgan fingerprint density at radius 2 is 1.40 bits per heavy atom. The van der Waals surface area contributed by atoms with Gasteiger partial charge in [-0.2, -0.15) is 5.26 Å². The molecular formula is C26H21BF4N5O4PdS-. The number of nitrogens with one attached hydrogen (secondary N) is 1. The number of nitro groups is 1. The Labute approximate surface area is 252 Å². The molecular weight excluding hydrogens is 672 g/mol. The van der Waals surface area contributed by atoms with Crippen LogP contribution >= 0.6 is 0 Å². The second kappa shape index (κ2) is 16.7. The molecule has 0 aliphatic rings. The molecule has 222 valence electrons. The zero-order chi connectivity index (χ0) is 30.5. The summed E-state index contributed by atoms with van der Waals surface area (Å²) in [4.78, 5) is 18.3. The molecule has 0 amide bonds. The zero-order valence-corrected chi connectivity index (χ0v) is 23.9.